The van der Waals surface area contributed by atoms with Gasteiger partial charge in [0.05, 0.1) is 0 Å². The van der Waals surface area contributed by atoms with Crippen LogP contribution in [0.4, 0.5) is 15.8 Å². The van der Waals surface area contributed by atoms with Gasteiger partial charge >= 0.3 is 0 Å². The van der Waals surface area contributed by atoms with E-state index >= 15 is 0 Å². The number of anilines is 2. The number of nitrogens with zero attached hydrogens (tertiary/aromatic N) is 1. The Labute approximate surface area is 113 Å². The van der Waals surface area contributed by atoms with Gasteiger partial charge in [0.15, 0.2) is 0 Å². The molecule has 0 saturated heterocycles. The summed E-state index contributed by atoms with van der Waals surface area (Å²) in [6.45, 7) is 3.77. The molecule has 0 amide bonds. The van der Waals surface area contributed by atoms with Crippen LogP contribution in [0.2, 0.25) is 0 Å². The summed E-state index contributed by atoms with van der Waals surface area (Å²) >= 11 is 0. The molecule has 2 N–H and O–H groups in total. The molecule has 0 unspecified atom stereocenters. The number of rotatable bonds is 5. The fourth-order valence-electron chi connectivity index (χ4n) is 2.11. The minimum absolute atomic E-state index is 0.189. The maximum atomic E-state index is 13.2. The molecule has 2 rings (SSSR count). The van der Waals surface area contributed by atoms with Crippen LogP contribution in [0.1, 0.15) is 18.9 Å². The van der Waals surface area contributed by atoms with Crippen LogP contribution in [-0.2, 0) is 6.54 Å². The summed E-state index contributed by atoms with van der Waals surface area (Å²) in [4.78, 5) is 2.23. The third-order valence-corrected chi connectivity index (χ3v) is 3.01. The Bertz CT molecular complexity index is 523. The summed E-state index contributed by atoms with van der Waals surface area (Å²) in [6.07, 6.45) is 1.04. The van der Waals surface area contributed by atoms with Crippen LogP contribution in [0.15, 0.2) is 48.5 Å². The molecule has 0 aromatic heterocycles. The van der Waals surface area contributed by atoms with Gasteiger partial charge < -0.3 is 10.6 Å². The average molecular weight is 258 g/mol. The molecule has 0 radical (unpaired) electrons. The van der Waals surface area contributed by atoms with E-state index in [1.165, 1.54) is 6.07 Å². The van der Waals surface area contributed by atoms with Crippen molar-refractivity contribution < 1.29 is 4.39 Å². The normalized spacial score (nSPS) is 10.4. The number of benzene rings is 2. The van der Waals surface area contributed by atoms with Crippen molar-refractivity contribution in [3.05, 3.63) is 59.9 Å². The predicted molar refractivity (Wildman–Crippen MR) is 78.6 cm³/mol. The standard InChI is InChI=1S/C16H19FN2/c1-2-10-19(16-8-6-15(18)7-9-16)12-13-4-3-5-14(17)11-13/h3-9,11H,2,10,12,18H2,1H3. The second-order valence-electron chi connectivity index (χ2n) is 4.64. The fraction of sp³-hybridized carbons (Fsp3) is 0.250. The second-order valence-corrected chi connectivity index (χ2v) is 4.64. The van der Waals surface area contributed by atoms with E-state index in [4.69, 9.17) is 5.73 Å². The zero-order valence-electron chi connectivity index (χ0n) is 11.1. The summed E-state index contributed by atoms with van der Waals surface area (Å²) in [7, 11) is 0. The van der Waals surface area contributed by atoms with Crippen LogP contribution in [0.3, 0.4) is 0 Å². The van der Waals surface area contributed by atoms with Gasteiger partial charge in [-0.25, -0.2) is 4.39 Å². The molecule has 2 aromatic rings. The van der Waals surface area contributed by atoms with Crippen molar-refractivity contribution in [2.24, 2.45) is 0 Å². The Morgan fingerprint density at radius 1 is 1.11 bits per heavy atom. The first-order valence-corrected chi connectivity index (χ1v) is 6.54. The third-order valence-electron chi connectivity index (χ3n) is 3.01. The predicted octanol–water partition coefficient (Wildman–Crippen LogP) is 3.82. The quantitative estimate of drug-likeness (QED) is 0.826. The molecule has 100 valence electrons. The first-order chi connectivity index (χ1) is 9.19. The smallest absolute Gasteiger partial charge is 0.123 e. The van der Waals surface area contributed by atoms with Crippen molar-refractivity contribution in [1.82, 2.24) is 0 Å². The highest BCUT2D eigenvalue weighted by atomic mass is 19.1. The van der Waals surface area contributed by atoms with Crippen molar-refractivity contribution >= 4 is 11.4 Å². The summed E-state index contributed by atoms with van der Waals surface area (Å²) in [6, 6.07) is 14.5. The number of hydrogen-bond acceptors (Lipinski definition) is 2. The lowest BCUT2D eigenvalue weighted by Gasteiger charge is -2.24. The molecule has 0 saturated carbocycles. The van der Waals surface area contributed by atoms with Crippen molar-refractivity contribution in [1.29, 1.82) is 0 Å². The monoisotopic (exact) mass is 258 g/mol. The van der Waals surface area contributed by atoms with Crippen LogP contribution < -0.4 is 10.6 Å². The van der Waals surface area contributed by atoms with Gasteiger partial charge in [-0.3, -0.25) is 0 Å². The maximum absolute atomic E-state index is 13.2. The Hall–Kier alpha value is -2.03. The zero-order valence-corrected chi connectivity index (χ0v) is 11.1. The summed E-state index contributed by atoms with van der Waals surface area (Å²) < 4.78 is 13.2. The molecule has 2 nitrogen and oxygen atoms in total. The molecule has 0 aliphatic heterocycles. The van der Waals surface area contributed by atoms with E-state index in [-0.39, 0.29) is 5.82 Å². The van der Waals surface area contributed by atoms with E-state index < -0.39 is 0 Å². The first kappa shape index (κ1) is 13.4. The van der Waals surface area contributed by atoms with Gasteiger partial charge in [-0.05, 0) is 48.4 Å². The number of nitrogens with two attached hydrogens (primary N) is 1. The lowest BCUT2D eigenvalue weighted by Crippen LogP contribution is -2.23. The number of nitrogen functional groups attached to an aromatic ring is 1. The lowest BCUT2D eigenvalue weighted by atomic mass is 10.1. The molecule has 0 heterocycles. The highest BCUT2D eigenvalue weighted by Gasteiger charge is 2.07. The van der Waals surface area contributed by atoms with E-state index in [0.29, 0.717) is 6.54 Å². The van der Waals surface area contributed by atoms with E-state index in [1.54, 1.807) is 12.1 Å². The summed E-state index contributed by atoms with van der Waals surface area (Å²) in [5, 5.41) is 0. The van der Waals surface area contributed by atoms with Crippen LogP contribution in [0.5, 0.6) is 0 Å². The van der Waals surface area contributed by atoms with Crippen LogP contribution in [0, 0.1) is 5.82 Å². The zero-order chi connectivity index (χ0) is 13.7. The van der Waals surface area contributed by atoms with Crippen molar-refractivity contribution in [2.45, 2.75) is 19.9 Å². The Balaban J connectivity index is 2.18. The highest BCUT2D eigenvalue weighted by Crippen LogP contribution is 2.19. The minimum atomic E-state index is -0.189. The molecule has 0 fully saturated rings. The molecule has 0 spiro atoms. The van der Waals surface area contributed by atoms with Crippen LogP contribution in [0.25, 0.3) is 0 Å². The molecular formula is C16H19FN2. The molecule has 0 atom stereocenters. The fourth-order valence-corrected chi connectivity index (χ4v) is 2.11. The van der Waals surface area contributed by atoms with E-state index in [9.17, 15) is 4.39 Å². The molecule has 0 aliphatic carbocycles. The van der Waals surface area contributed by atoms with Crippen molar-refractivity contribution in [3.8, 4) is 0 Å². The topological polar surface area (TPSA) is 29.3 Å². The summed E-state index contributed by atoms with van der Waals surface area (Å²) in [5.74, 6) is -0.189. The van der Waals surface area contributed by atoms with Crippen molar-refractivity contribution in [2.75, 3.05) is 17.2 Å². The van der Waals surface area contributed by atoms with Gasteiger partial charge in [-0.1, -0.05) is 19.1 Å². The third kappa shape index (κ3) is 3.71. The molecule has 3 heteroatoms. The molecule has 0 bridgehead atoms. The SMILES string of the molecule is CCCN(Cc1cccc(F)c1)c1ccc(N)cc1. The van der Waals surface area contributed by atoms with Gasteiger partial charge in [0.25, 0.3) is 0 Å². The Kier molecular flexibility index (Phi) is 4.39. The summed E-state index contributed by atoms with van der Waals surface area (Å²) in [5.41, 5.74) is 8.55. The maximum Gasteiger partial charge on any atom is 0.123 e. The van der Waals surface area contributed by atoms with Gasteiger partial charge in [-0.15, -0.1) is 0 Å². The Morgan fingerprint density at radius 2 is 1.84 bits per heavy atom. The lowest BCUT2D eigenvalue weighted by molar-refractivity contribution is 0.624. The minimum Gasteiger partial charge on any atom is -0.399 e. The number of halogens is 1. The molecule has 19 heavy (non-hydrogen) atoms. The average Bonchev–Trinajstić information content (AvgIpc) is 2.39. The van der Waals surface area contributed by atoms with Gasteiger partial charge in [0.2, 0.25) is 0 Å². The van der Waals surface area contributed by atoms with Gasteiger partial charge in [-0.2, -0.15) is 0 Å². The van der Waals surface area contributed by atoms with Crippen LogP contribution >= 0.6 is 0 Å². The van der Waals surface area contributed by atoms with Gasteiger partial charge in [0, 0.05) is 24.5 Å². The van der Waals surface area contributed by atoms with E-state index in [2.05, 4.69) is 11.8 Å². The van der Waals surface area contributed by atoms with E-state index in [1.807, 2.05) is 30.3 Å². The largest absolute Gasteiger partial charge is 0.399 e. The second kappa shape index (κ2) is 6.23. The molecule has 2 aromatic carbocycles. The Morgan fingerprint density at radius 3 is 2.47 bits per heavy atom. The molecule has 0 aliphatic rings. The van der Waals surface area contributed by atoms with Crippen LogP contribution in [-0.4, -0.2) is 6.54 Å². The first-order valence-electron chi connectivity index (χ1n) is 6.54. The van der Waals surface area contributed by atoms with Crippen molar-refractivity contribution in [3.63, 3.8) is 0 Å². The van der Waals surface area contributed by atoms with Gasteiger partial charge in [0.1, 0.15) is 5.82 Å². The highest BCUT2D eigenvalue weighted by molar-refractivity contribution is 5.53. The molecular weight excluding hydrogens is 239 g/mol. The van der Waals surface area contributed by atoms with E-state index in [0.717, 1.165) is 29.9 Å². The number of hydrogen-bond donors (Lipinski definition) is 1.